The predicted molar refractivity (Wildman–Crippen MR) is 108 cm³/mol. The molecule has 6 nitrogen and oxygen atoms in total. The van der Waals surface area contributed by atoms with Crippen LogP contribution >= 0.6 is 11.6 Å². The average molecular weight is 419 g/mol. The van der Waals surface area contributed by atoms with Crippen LogP contribution in [0.25, 0.3) is 11.0 Å². The number of sulfonamides is 1. The number of nitrogens with one attached hydrogen (secondary N) is 1. The first kappa shape index (κ1) is 19.0. The van der Waals surface area contributed by atoms with Crippen molar-refractivity contribution in [3.8, 4) is 0 Å². The molecule has 0 bridgehead atoms. The minimum absolute atomic E-state index is 0.130. The first-order chi connectivity index (χ1) is 13.4. The van der Waals surface area contributed by atoms with Gasteiger partial charge >= 0.3 is 0 Å². The minimum Gasteiger partial charge on any atom is -0.451 e. The number of nitrogens with zero attached hydrogens (tertiary/aromatic N) is 1. The molecule has 0 unspecified atom stereocenters. The van der Waals surface area contributed by atoms with Crippen LogP contribution in [0.5, 0.6) is 0 Å². The van der Waals surface area contributed by atoms with Gasteiger partial charge in [0, 0.05) is 24.0 Å². The lowest BCUT2D eigenvalue weighted by Gasteiger charge is -2.15. The molecule has 1 fully saturated rings. The fourth-order valence-electron chi connectivity index (χ4n) is 3.40. The van der Waals surface area contributed by atoms with E-state index in [0.717, 1.165) is 12.8 Å². The lowest BCUT2D eigenvalue weighted by Crippen LogP contribution is -2.27. The van der Waals surface area contributed by atoms with Crippen molar-refractivity contribution >= 4 is 44.2 Å². The highest BCUT2D eigenvalue weighted by Gasteiger charge is 2.28. The minimum atomic E-state index is -3.54. The Kier molecular flexibility index (Phi) is 4.91. The van der Waals surface area contributed by atoms with E-state index in [1.807, 2.05) is 0 Å². The molecule has 1 N–H and O–H groups in total. The van der Waals surface area contributed by atoms with Gasteiger partial charge in [0.1, 0.15) is 5.58 Å². The standard InChI is InChI=1S/C20H19ClN2O4S/c1-13-15-12-14(28(25,26)23-10-4-5-11-23)8-9-18(15)27-19(13)20(24)22-17-7-3-2-6-16(17)21/h2-3,6-9,12H,4-5,10-11H2,1H3,(H,22,24). The van der Waals surface area contributed by atoms with Gasteiger partial charge in [0.15, 0.2) is 5.76 Å². The second-order valence-electron chi connectivity index (χ2n) is 6.76. The number of amides is 1. The maximum Gasteiger partial charge on any atom is 0.291 e. The zero-order chi connectivity index (χ0) is 19.9. The van der Waals surface area contributed by atoms with E-state index in [0.29, 0.717) is 40.3 Å². The molecule has 0 spiro atoms. The Bertz CT molecular complexity index is 1160. The molecule has 0 saturated carbocycles. The van der Waals surface area contributed by atoms with Crippen molar-refractivity contribution in [1.29, 1.82) is 0 Å². The molecule has 2 aromatic carbocycles. The molecule has 8 heteroatoms. The first-order valence-corrected chi connectivity index (χ1v) is 10.8. The van der Waals surface area contributed by atoms with E-state index >= 15 is 0 Å². The summed E-state index contributed by atoms with van der Waals surface area (Å²) in [7, 11) is -3.54. The Labute approximate surface area is 168 Å². The number of para-hydroxylation sites is 1. The van der Waals surface area contributed by atoms with Gasteiger partial charge in [-0.15, -0.1) is 0 Å². The summed E-state index contributed by atoms with van der Waals surface area (Å²) in [6.07, 6.45) is 1.75. The summed E-state index contributed by atoms with van der Waals surface area (Å²) in [4.78, 5) is 12.9. The maximum absolute atomic E-state index is 12.8. The van der Waals surface area contributed by atoms with Crippen LogP contribution in [0.2, 0.25) is 5.02 Å². The number of rotatable bonds is 4. The summed E-state index contributed by atoms with van der Waals surface area (Å²) >= 11 is 6.09. The third-order valence-corrected chi connectivity index (χ3v) is 7.16. The molecule has 0 atom stereocenters. The number of anilines is 1. The van der Waals surface area contributed by atoms with E-state index < -0.39 is 15.9 Å². The Morgan fingerprint density at radius 2 is 1.86 bits per heavy atom. The Morgan fingerprint density at radius 3 is 2.57 bits per heavy atom. The molecule has 2 heterocycles. The van der Waals surface area contributed by atoms with Crippen molar-refractivity contribution in [2.45, 2.75) is 24.7 Å². The van der Waals surface area contributed by atoms with E-state index in [9.17, 15) is 13.2 Å². The molecule has 1 aromatic heterocycles. The van der Waals surface area contributed by atoms with Gasteiger partial charge in [-0.3, -0.25) is 4.79 Å². The smallest absolute Gasteiger partial charge is 0.291 e. The zero-order valence-electron chi connectivity index (χ0n) is 15.2. The van der Waals surface area contributed by atoms with Gasteiger partial charge < -0.3 is 9.73 Å². The van der Waals surface area contributed by atoms with Crippen molar-refractivity contribution < 1.29 is 17.6 Å². The number of furan rings is 1. The van der Waals surface area contributed by atoms with Gasteiger partial charge in [0.2, 0.25) is 10.0 Å². The highest BCUT2D eigenvalue weighted by atomic mass is 35.5. The third kappa shape index (κ3) is 3.30. The van der Waals surface area contributed by atoms with E-state index in [4.69, 9.17) is 16.0 Å². The summed E-state index contributed by atoms with van der Waals surface area (Å²) in [6, 6.07) is 11.6. The summed E-state index contributed by atoms with van der Waals surface area (Å²) < 4.78 is 32.8. The SMILES string of the molecule is Cc1c(C(=O)Nc2ccccc2Cl)oc2ccc(S(=O)(=O)N3CCCC3)cc12. The number of benzene rings is 2. The number of aryl methyl sites for hydroxylation is 1. The number of hydrogen-bond acceptors (Lipinski definition) is 4. The van der Waals surface area contributed by atoms with Crippen molar-refractivity contribution in [1.82, 2.24) is 4.31 Å². The van der Waals surface area contributed by atoms with Crippen molar-refractivity contribution in [2.24, 2.45) is 0 Å². The molecule has 1 saturated heterocycles. The van der Waals surface area contributed by atoms with Crippen LogP contribution in [0.1, 0.15) is 29.0 Å². The fourth-order valence-corrected chi connectivity index (χ4v) is 5.12. The molecule has 0 aliphatic carbocycles. The van der Waals surface area contributed by atoms with Gasteiger partial charge in [-0.2, -0.15) is 4.31 Å². The molecule has 0 radical (unpaired) electrons. The van der Waals surface area contributed by atoms with Gasteiger partial charge in [0.25, 0.3) is 5.91 Å². The quantitative estimate of drug-likeness (QED) is 0.679. The Hall–Kier alpha value is -2.35. The van der Waals surface area contributed by atoms with Crippen LogP contribution < -0.4 is 5.32 Å². The average Bonchev–Trinajstić information content (AvgIpc) is 3.32. The van der Waals surface area contributed by atoms with Crippen molar-refractivity contribution in [3.05, 3.63) is 58.8 Å². The second-order valence-corrected chi connectivity index (χ2v) is 9.10. The van der Waals surface area contributed by atoms with E-state index in [1.54, 1.807) is 43.3 Å². The zero-order valence-corrected chi connectivity index (χ0v) is 16.8. The normalized spacial score (nSPS) is 15.2. The molecule has 1 aliphatic rings. The maximum atomic E-state index is 12.8. The van der Waals surface area contributed by atoms with Gasteiger partial charge in [-0.1, -0.05) is 23.7 Å². The van der Waals surface area contributed by atoms with Crippen LogP contribution in [0, 0.1) is 6.92 Å². The van der Waals surface area contributed by atoms with E-state index in [2.05, 4.69) is 5.32 Å². The summed E-state index contributed by atoms with van der Waals surface area (Å²) in [6.45, 7) is 2.81. The lowest BCUT2D eigenvalue weighted by molar-refractivity contribution is 0.0998. The molecule has 146 valence electrons. The molecule has 3 aromatic rings. The molecule has 1 amide bonds. The predicted octanol–water partition coefficient (Wildman–Crippen LogP) is 4.43. The molecule has 4 rings (SSSR count). The van der Waals surface area contributed by atoms with Crippen molar-refractivity contribution in [3.63, 3.8) is 0 Å². The van der Waals surface area contributed by atoms with Gasteiger partial charge in [-0.05, 0) is 50.1 Å². The van der Waals surface area contributed by atoms with Gasteiger partial charge in [-0.25, -0.2) is 8.42 Å². The lowest BCUT2D eigenvalue weighted by atomic mass is 10.1. The third-order valence-electron chi connectivity index (χ3n) is 4.94. The summed E-state index contributed by atoms with van der Waals surface area (Å²) in [5.74, 6) is -0.309. The second kappa shape index (κ2) is 7.24. The van der Waals surface area contributed by atoms with Crippen LogP contribution in [0.3, 0.4) is 0 Å². The monoisotopic (exact) mass is 418 g/mol. The summed E-state index contributed by atoms with van der Waals surface area (Å²) in [5.41, 5.74) is 1.52. The van der Waals surface area contributed by atoms with Crippen LogP contribution in [0.15, 0.2) is 51.8 Å². The molecule has 1 aliphatic heterocycles. The summed E-state index contributed by atoms with van der Waals surface area (Å²) in [5, 5.41) is 3.75. The molecule has 28 heavy (non-hydrogen) atoms. The van der Waals surface area contributed by atoms with Crippen LogP contribution in [-0.2, 0) is 10.0 Å². The Morgan fingerprint density at radius 1 is 1.14 bits per heavy atom. The van der Waals surface area contributed by atoms with E-state index in [-0.39, 0.29) is 10.7 Å². The van der Waals surface area contributed by atoms with Crippen molar-refractivity contribution in [2.75, 3.05) is 18.4 Å². The molecular formula is C20H19ClN2O4S. The fraction of sp³-hybridized carbons (Fsp3) is 0.250. The molecular weight excluding hydrogens is 400 g/mol. The number of carbonyl (C=O) groups excluding carboxylic acids is 1. The van der Waals surface area contributed by atoms with Gasteiger partial charge in [0.05, 0.1) is 15.6 Å². The van der Waals surface area contributed by atoms with E-state index in [1.165, 1.54) is 10.4 Å². The first-order valence-electron chi connectivity index (χ1n) is 8.97. The highest BCUT2D eigenvalue weighted by Crippen LogP contribution is 2.31. The number of fused-ring (bicyclic) bond motifs is 1. The van der Waals surface area contributed by atoms with Crippen LogP contribution in [-0.4, -0.2) is 31.7 Å². The number of carbonyl (C=O) groups is 1. The largest absolute Gasteiger partial charge is 0.451 e. The Balaban J connectivity index is 1.69. The topological polar surface area (TPSA) is 79.6 Å². The van der Waals surface area contributed by atoms with Crippen LogP contribution in [0.4, 0.5) is 5.69 Å². The number of halogens is 1. The highest BCUT2D eigenvalue weighted by molar-refractivity contribution is 7.89. The number of hydrogen-bond donors (Lipinski definition) is 1.